The lowest BCUT2D eigenvalue weighted by Gasteiger charge is -2.07. The molecule has 1 rings (SSSR count). The van der Waals surface area contributed by atoms with E-state index < -0.39 is 5.97 Å². The van der Waals surface area contributed by atoms with Crippen molar-refractivity contribution in [1.82, 2.24) is 9.78 Å². The Hall–Kier alpha value is -1.65. The third-order valence-electron chi connectivity index (χ3n) is 1.64. The van der Waals surface area contributed by atoms with Crippen molar-refractivity contribution in [2.24, 2.45) is 0 Å². The highest BCUT2D eigenvalue weighted by atomic mass is 16.4. The average Bonchev–Trinajstić information content (AvgIpc) is 2.46. The third kappa shape index (κ3) is 1.58. The van der Waals surface area contributed by atoms with Crippen LogP contribution in [0.5, 0.6) is 0 Å². The van der Waals surface area contributed by atoms with E-state index in [-0.39, 0.29) is 17.3 Å². The number of carbonyl (C=O) groups excluding carboxylic acids is 1. The summed E-state index contributed by atoms with van der Waals surface area (Å²) >= 11 is 0. The molecule has 0 atom stereocenters. The zero-order valence-electron chi connectivity index (χ0n) is 7.39. The fraction of sp³-hybridized carbons (Fsp3) is 0.375. The number of aldehydes is 1. The van der Waals surface area contributed by atoms with Crippen molar-refractivity contribution in [3.05, 3.63) is 17.5 Å². The van der Waals surface area contributed by atoms with Gasteiger partial charge in [0.2, 0.25) is 0 Å². The maximum atomic E-state index is 10.7. The predicted octanol–water partition coefficient (Wildman–Crippen LogP) is 0.975. The van der Waals surface area contributed by atoms with Crippen molar-refractivity contribution >= 4 is 12.3 Å². The van der Waals surface area contributed by atoms with Crippen LogP contribution in [0.25, 0.3) is 0 Å². The second kappa shape index (κ2) is 3.38. The molecule has 0 saturated carbocycles. The first-order chi connectivity index (χ1) is 6.07. The van der Waals surface area contributed by atoms with Crippen LogP contribution in [0, 0.1) is 0 Å². The molecular weight excluding hydrogens is 172 g/mol. The fourth-order valence-corrected chi connectivity index (χ4v) is 1.07. The Kier molecular flexibility index (Phi) is 2.46. The summed E-state index contributed by atoms with van der Waals surface area (Å²) in [5.41, 5.74) is 0.0613. The maximum Gasteiger partial charge on any atom is 0.354 e. The minimum Gasteiger partial charge on any atom is -0.477 e. The Morgan fingerprint density at radius 1 is 1.69 bits per heavy atom. The molecule has 13 heavy (non-hydrogen) atoms. The molecule has 0 spiro atoms. The van der Waals surface area contributed by atoms with Crippen LogP contribution in [0.2, 0.25) is 0 Å². The van der Waals surface area contributed by atoms with Crippen LogP contribution in [0.1, 0.15) is 40.7 Å². The van der Waals surface area contributed by atoms with Crippen molar-refractivity contribution in [2.45, 2.75) is 19.9 Å². The first-order valence-corrected chi connectivity index (χ1v) is 3.84. The van der Waals surface area contributed by atoms with E-state index in [1.54, 1.807) is 13.8 Å². The van der Waals surface area contributed by atoms with Crippen LogP contribution >= 0.6 is 0 Å². The van der Waals surface area contributed by atoms with Gasteiger partial charge in [-0.3, -0.25) is 9.48 Å². The molecule has 1 N–H and O–H groups in total. The molecule has 1 aromatic rings. The summed E-state index contributed by atoms with van der Waals surface area (Å²) in [5.74, 6) is -1.13. The first kappa shape index (κ1) is 9.44. The van der Waals surface area contributed by atoms with Crippen molar-refractivity contribution in [3.63, 3.8) is 0 Å². The molecule has 5 heteroatoms. The number of aromatic nitrogens is 2. The van der Waals surface area contributed by atoms with E-state index in [1.165, 1.54) is 10.9 Å². The number of aromatic carboxylic acids is 1. The number of rotatable bonds is 3. The molecule has 0 aliphatic carbocycles. The van der Waals surface area contributed by atoms with E-state index in [2.05, 4.69) is 5.10 Å². The van der Waals surface area contributed by atoms with Gasteiger partial charge in [0.25, 0.3) is 0 Å². The molecule has 0 amide bonds. The zero-order chi connectivity index (χ0) is 10.0. The van der Waals surface area contributed by atoms with Gasteiger partial charge < -0.3 is 5.11 Å². The van der Waals surface area contributed by atoms with E-state index in [4.69, 9.17) is 5.11 Å². The Bertz CT molecular complexity index is 341. The molecule has 70 valence electrons. The summed E-state index contributed by atoms with van der Waals surface area (Å²) in [6.07, 6.45) is 1.76. The van der Waals surface area contributed by atoms with Crippen molar-refractivity contribution in [3.8, 4) is 0 Å². The van der Waals surface area contributed by atoms with Gasteiger partial charge >= 0.3 is 5.97 Å². The molecule has 0 radical (unpaired) electrons. The zero-order valence-corrected chi connectivity index (χ0v) is 7.39. The van der Waals surface area contributed by atoms with E-state index in [0.717, 1.165) is 0 Å². The van der Waals surface area contributed by atoms with Gasteiger partial charge in [-0.2, -0.15) is 5.10 Å². The normalized spacial score (nSPS) is 10.4. The largest absolute Gasteiger partial charge is 0.477 e. The van der Waals surface area contributed by atoms with E-state index >= 15 is 0 Å². The minimum absolute atomic E-state index is 0.0509. The summed E-state index contributed by atoms with van der Waals surface area (Å²) in [7, 11) is 0. The van der Waals surface area contributed by atoms with Crippen LogP contribution in [0.4, 0.5) is 0 Å². The van der Waals surface area contributed by atoms with E-state index in [0.29, 0.717) is 6.29 Å². The molecule has 0 aromatic carbocycles. The number of hydrogen-bond donors (Lipinski definition) is 1. The lowest BCUT2D eigenvalue weighted by molar-refractivity contribution is 0.0678. The Balaban J connectivity index is 3.29. The first-order valence-electron chi connectivity index (χ1n) is 3.84. The van der Waals surface area contributed by atoms with E-state index in [1.807, 2.05) is 0 Å². The van der Waals surface area contributed by atoms with Gasteiger partial charge in [0.15, 0.2) is 12.0 Å². The lowest BCUT2D eigenvalue weighted by Crippen LogP contribution is -2.13. The highest BCUT2D eigenvalue weighted by molar-refractivity contribution is 5.95. The Morgan fingerprint density at radius 3 is 2.69 bits per heavy atom. The third-order valence-corrected chi connectivity index (χ3v) is 1.64. The number of carboxylic acid groups (broad SMARTS) is 1. The molecule has 0 bridgehead atoms. The van der Waals surface area contributed by atoms with Crippen molar-refractivity contribution in [1.29, 1.82) is 0 Å². The number of carbonyl (C=O) groups is 2. The van der Waals surface area contributed by atoms with Crippen LogP contribution in [-0.2, 0) is 0 Å². The lowest BCUT2D eigenvalue weighted by atomic mass is 10.2. The monoisotopic (exact) mass is 182 g/mol. The van der Waals surface area contributed by atoms with Gasteiger partial charge in [0, 0.05) is 6.04 Å². The summed E-state index contributed by atoms with van der Waals surface area (Å²) in [4.78, 5) is 21.2. The van der Waals surface area contributed by atoms with Crippen LogP contribution < -0.4 is 0 Å². The molecule has 0 fully saturated rings. The summed E-state index contributed by atoms with van der Waals surface area (Å²) < 4.78 is 1.31. The number of carboxylic acids is 1. The quantitative estimate of drug-likeness (QED) is 0.707. The standard InChI is InChI=1S/C8H10N2O3/c1-5(2)10-7(8(12)13)6(4-11)3-9-10/h3-5H,1-2H3,(H,12,13). The SMILES string of the molecule is CC(C)n1ncc(C=O)c1C(=O)O. The predicted molar refractivity (Wildman–Crippen MR) is 45.0 cm³/mol. The van der Waals surface area contributed by atoms with E-state index in [9.17, 15) is 9.59 Å². The van der Waals surface area contributed by atoms with Gasteiger partial charge in [-0.05, 0) is 13.8 Å². The van der Waals surface area contributed by atoms with Crippen LogP contribution in [0.3, 0.4) is 0 Å². The van der Waals surface area contributed by atoms with Gasteiger partial charge in [0.1, 0.15) is 0 Å². The van der Waals surface area contributed by atoms with Crippen LogP contribution in [0.15, 0.2) is 6.20 Å². The minimum atomic E-state index is -1.13. The Morgan fingerprint density at radius 2 is 2.31 bits per heavy atom. The summed E-state index contributed by atoms with van der Waals surface area (Å²) in [5, 5.41) is 12.6. The summed E-state index contributed by atoms with van der Waals surface area (Å²) in [6, 6.07) is -0.0696. The van der Waals surface area contributed by atoms with Gasteiger partial charge in [-0.15, -0.1) is 0 Å². The average molecular weight is 182 g/mol. The van der Waals surface area contributed by atoms with Crippen molar-refractivity contribution < 1.29 is 14.7 Å². The highest BCUT2D eigenvalue weighted by Gasteiger charge is 2.18. The Labute approximate surface area is 75.0 Å². The summed E-state index contributed by atoms with van der Waals surface area (Å²) in [6.45, 7) is 3.60. The topological polar surface area (TPSA) is 72.2 Å². The van der Waals surface area contributed by atoms with Gasteiger partial charge in [-0.1, -0.05) is 0 Å². The van der Waals surface area contributed by atoms with Gasteiger partial charge in [0.05, 0.1) is 11.8 Å². The molecule has 1 aromatic heterocycles. The van der Waals surface area contributed by atoms with Crippen LogP contribution in [-0.4, -0.2) is 27.1 Å². The molecule has 5 nitrogen and oxygen atoms in total. The second-order valence-electron chi connectivity index (χ2n) is 2.91. The molecule has 0 unspecified atom stereocenters. The number of hydrogen-bond acceptors (Lipinski definition) is 3. The number of nitrogens with zero attached hydrogens (tertiary/aromatic N) is 2. The molecular formula is C8H10N2O3. The fourth-order valence-electron chi connectivity index (χ4n) is 1.07. The molecule has 1 heterocycles. The molecule has 0 saturated heterocycles. The molecule has 0 aliphatic heterocycles. The molecule has 0 aliphatic rings. The highest BCUT2D eigenvalue weighted by Crippen LogP contribution is 2.11. The second-order valence-corrected chi connectivity index (χ2v) is 2.91. The maximum absolute atomic E-state index is 10.7. The van der Waals surface area contributed by atoms with Crippen molar-refractivity contribution in [2.75, 3.05) is 0 Å². The van der Waals surface area contributed by atoms with Gasteiger partial charge in [-0.25, -0.2) is 4.79 Å². The smallest absolute Gasteiger partial charge is 0.354 e.